The van der Waals surface area contributed by atoms with Crippen molar-refractivity contribution in [2.24, 2.45) is 5.41 Å². The maximum atomic E-state index is 14.0. The van der Waals surface area contributed by atoms with E-state index in [0.29, 0.717) is 22.5 Å². The van der Waals surface area contributed by atoms with Crippen LogP contribution in [-0.4, -0.2) is 102 Å². The lowest BCUT2D eigenvalue weighted by atomic mass is 9.93. The molecular formula is C34H40F2N8O5S. The van der Waals surface area contributed by atoms with Gasteiger partial charge in [0.25, 0.3) is 5.92 Å². The van der Waals surface area contributed by atoms with Gasteiger partial charge in [-0.1, -0.05) is 11.3 Å². The summed E-state index contributed by atoms with van der Waals surface area (Å²) in [6.07, 6.45) is 7.62. The van der Waals surface area contributed by atoms with Crippen molar-refractivity contribution in [2.45, 2.75) is 50.5 Å². The summed E-state index contributed by atoms with van der Waals surface area (Å²) in [7, 11) is -3.86. The monoisotopic (exact) mass is 710 g/mol. The summed E-state index contributed by atoms with van der Waals surface area (Å²) in [6, 6.07) is 11.6. The highest BCUT2D eigenvalue weighted by atomic mass is 32.2. The van der Waals surface area contributed by atoms with Gasteiger partial charge in [-0.2, -0.15) is 0 Å². The molecule has 1 spiro atoms. The van der Waals surface area contributed by atoms with Crippen LogP contribution in [0, 0.1) is 5.41 Å². The molecule has 3 fully saturated rings. The largest absolute Gasteiger partial charge is 0.480 e. The molecule has 0 unspecified atom stereocenters. The van der Waals surface area contributed by atoms with Gasteiger partial charge in [-0.25, -0.2) is 21.9 Å². The number of aliphatic hydroxyl groups excluding tert-OH is 1. The zero-order chi connectivity index (χ0) is 35.1. The first kappa shape index (κ1) is 34.1. The molecule has 1 aliphatic carbocycles. The van der Waals surface area contributed by atoms with Crippen LogP contribution in [0.4, 0.5) is 25.8 Å². The Morgan fingerprint density at radius 2 is 1.68 bits per heavy atom. The minimum Gasteiger partial charge on any atom is -0.480 e. The van der Waals surface area contributed by atoms with Crippen LogP contribution in [0.2, 0.25) is 0 Å². The third-order valence-electron chi connectivity index (χ3n) is 10.2. The van der Waals surface area contributed by atoms with Crippen LogP contribution in [0.1, 0.15) is 38.5 Å². The quantitative estimate of drug-likeness (QED) is 0.169. The first-order valence-electron chi connectivity index (χ1n) is 16.8. The molecule has 13 nitrogen and oxygen atoms in total. The van der Waals surface area contributed by atoms with Crippen molar-refractivity contribution in [1.29, 1.82) is 0 Å². The number of nitrogens with one attached hydrogen (secondary N) is 2. The Balaban J connectivity index is 1.17. The Hall–Kier alpha value is -4.41. The molecule has 2 aromatic carbocycles. The fourth-order valence-corrected chi connectivity index (χ4v) is 7.89. The molecule has 4 N–H and O–H groups in total. The van der Waals surface area contributed by atoms with Crippen LogP contribution in [0.5, 0.6) is 0 Å². The molecule has 0 radical (unpaired) electrons. The van der Waals surface area contributed by atoms with Crippen LogP contribution >= 0.6 is 0 Å². The van der Waals surface area contributed by atoms with Gasteiger partial charge in [-0.3, -0.25) is 14.5 Å². The molecule has 7 rings (SSSR count). The standard InChI is InChI=1S/C34H40F2N8O5S/c35-34(36)9-15-43(16-10-34)30-20-25(18-23-2-1-11-38-31(23)30)44-21-27(39-41-44)26-4-3-24(19-29(26)42-13-7-33(5-6-33)8-14-42)40-50(48,49)17-12-37-28(22-45)32(46)47/h1-4,11,18-21,28,37,40,45H,5-10,12-17,22H2,(H,46,47)/t28-/m0/s1. The molecule has 0 bridgehead atoms. The number of aliphatic hydroxyl groups is 1. The van der Waals surface area contributed by atoms with Crippen molar-refractivity contribution in [3.63, 3.8) is 0 Å². The number of carboxylic acids is 1. The molecule has 1 saturated carbocycles. The molecule has 266 valence electrons. The number of hydrogen-bond donors (Lipinski definition) is 4. The van der Waals surface area contributed by atoms with Gasteiger partial charge >= 0.3 is 5.97 Å². The van der Waals surface area contributed by atoms with E-state index in [4.69, 9.17) is 5.11 Å². The van der Waals surface area contributed by atoms with Crippen LogP contribution in [0.25, 0.3) is 27.8 Å². The Kier molecular flexibility index (Phi) is 9.11. The SMILES string of the molecule is O=C(O)[C@H](CO)NCCS(=O)(=O)Nc1ccc(-c2cn(-c3cc(N4CCC(F)(F)CC4)c4ncccc4c3)nn2)c(N2CCC3(CC2)CC3)c1. The average molecular weight is 711 g/mol. The van der Waals surface area contributed by atoms with E-state index in [-0.39, 0.29) is 32.5 Å². The fraction of sp³-hybridized carbons (Fsp3) is 0.471. The number of sulfonamides is 1. The lowest BCUT2D eigenvalue weighted by Crippen LogP contribution is -2.42. The van der Waals surface area contributed by atoms with Crippen molar-refractivity contribution in [3.8, 4) is 16.9 Å². The van der Waals surface area contributed by atoms with Gasteiger partial charge in [0.1, 0.15) is 11.7 Å². The molecule has 2 saturated heterocycles. The number of benzene rings is 2. The van der Waals surface area contributed by atoms with Crippen LogP contribution in [0.15, 0.2) is 54.9 Å². The Morgan fingerprint density at radius 1 is 0.960 bits per heavy atom. The zero-order valence-corrected chi connectivity index (χ0v) is 28.2. The van der Waals surface area contributed by atoms with Crippen LogP contribution in [-0.2, 0) is 14.8 Å². The maximum absolute atomic E-state index is 14.0. The normalized spacial score (nSPS) is 19.1. The summed E-state index contributed by atoms with van der Waals surface area (Å²) in [4.78, 5) is 19.9. The van der Waals surface area contributed by atoms with Gasteiger partial charge in [-0.15, -0.1) is 5.10 Å². The first-order valence-corrected chi connectivity index (χ1v) is 18.5. The van der Waals surface area contributed by atoms with Crippen molar-refractivity contribution >= 4 is 44.0 Å². The lowest BCUT2D eigenvalue weighted by Gasteiger charge is -2.35. The van der Waals surface area contributed by atoms with Gasteiger partial charge in [0.15, 0.2) is 0 Å². The Morgan fingerprint density at radius 3 is 2.38 bits per heavy atom. The number of alkyl halides is 2. The van der Waals surface area contributed by atoms with Crippen molar-refractivity contribution in [1.82, 2.24) is 25.3 Å². The molecule has 0 amide bonds. The van der Waals surface area contributed by atoms with Crippen molar-refractivity contribution in [2.75, 3.05) is 59.6 Å². The number of pyridine rings is 1. The second-order valence-electron chi connectivity index (χ2n) is 13.6. The highest BCUT2D eigenvalue weighted by Crippen LogP contribution is 2.54. The predicted octanol–water partition coefficient (Wildman–Crippen LogP) is 3.88. The third kappa shape index (κ3) is 7.37. The Bertz CT molecular complexity index is 1980. The zero-order valence-electron chi connectivity index (χ0n) is 27.4. The average Bonchev–Trinajstić information content (AvgIpc) is 3.65. The van der Waals surface area contributed by atoms with Gasteiger partial charge in [0.05, 0.1) is 41.1 Å². The molecule has 2 aromatic heterocycles. The number of piperidine rings is 2. The van der Waals surface area contributed by atoms with Crippen molar-refractivity contribution < 1.29 is 32.2 Å². The van der Waals surface area contributed by atoms with E-state index in [0.717, 1.165) is 53.8 Å². The molecular weight excluding hydrogens is 670 g/mol. The number of aromatic nitrogens is 4. The fourth-order valence-electron chi connectivity index (χ4n) is 6.92. The number of fused-ring (bicyclic) bond motifs is 1. The van der Waals surface area contributed by atoms with Crippen LogP contribution in [0.3, 0.4) is 0 Å². The second kappa shape index (κ2) is 13.4. The number of nitrogens with zero attached hydrogens (tertiary/aromatic N) is 6. The van der Waals surface area contributed by atoms with E-state index in [9.17, 15) is 27.1 Å². The minimum atomic E-state index is -3.86. The number of hydrogen-bond acceptors (Lipinski definition) is 10. The van der Waals surface area contributed by atoms with E-state index < -0.39 is 40.3 Å². The van der Waals surface area contributed by atoms with Gasteiger partial charge in [-0.05, 0) is 67.5 Å². The number of rotatable bonds is 12. The molecule has 4 aromatic rings. The summed E-state index contributed by atoms with van der Waals surface area (Å²) in [5, 5.41) is 30.7. The number of aliphatic carboxylic acids is 1. The molecule has 2 aliphatic heterocycles. The Labute approximate surface area is 288 Å². The summed E-state index contributed by atoms with van der Waals surface area (Å²) in [5.41, 5.74) is 5.15. The van der Waals surface area contributed by atoms with E-state index >= 15 is 0 Å². The smallest absolute Gasteiger partial charge is 0.323 e. The topological polar surface area (TPSA) is 166 Å². The minimum absolute atomic E-state index is 0.161. The summed E-state index contributed by atoms with van der Waals surface area (Å²) >= 11 is 0. The summed E-state index contributed by atoms with van der Waals surface area (Å²) in [6.45, 7) is 1.23. The summed E-state index contributed by atoms with van der Waals surface area (Å²) in [5.74, 6) is -4.34. The maximum Gasteiger partial charge on any atom is 0.323 e. The number of halogens is 2. The van der Waals surface area contributed by atoms with Gasteiger partial charge < -0.3 is 25.3 Å². The predicted molar refractivity (Wildman–Crippen MR) is 186 cm³/mol. The van der Waals surface area contributed by atoms with E-state index in [1.165, 1.54) is 12.8 Å². The van der Waals surface area contributed by atoms with Gasteiger partial charge in [0, 0.05) is 68.4 Å². The number of carbonyl (C=O) groups is 1. The highest BCUT2D eigenvalue weighted by molar-refractivity contribution is 7.92. The van der Waals surface area contributed by atoms with Crippen molar-refractivity contribution in [3.05, 3.63) is 54.9 Å². The number of anilines is 3. The van der Waals surface area contributed by atoms with E-state index in [1.807, 2.05) is 41.4 Å². The first-order chi connectivity index (χ1) is 23.9. The lowest BCUT2D eigenvalue weighted by molar-refractivity contribution is -0.140. The van der Waals surface area contributed by atoms with E-state index in [1.54, 1.807) is 23.0 Å². The van der Waals surface area contributed by atoms with Crippen LogP contribution < -0.4 is 19.8 Å². The molecule has 1 atom stereocenters. The number of carboxylic acid groups (broad SMARTS) is 1. The third-order valence-corrected chi connectivity index (χ3v) is 11.5. The molecule has 50 heavy (non-hydrogen) atoms. The summed E-state index contributed by atoms with van der Waals surface area (Å²) < 4.78 is 58.2. The van der Waals surface area contributed by atoms with Gasteiger partial charge in [0.2, 0.25) is 10.0 Å². The molecule has 4 heterocycles. The highest BCUT2D eigenvalue weighted by Gasteiger charge is 2.44. The second-order valence-corrected chi connectivity index (χ2v) is 15.4. The van der Waals surface area contributed by atoms with E-state index in [2.05, 4.69) is 30.2 Å². The molecule has 3 aliphatic rings. The molecule has 16 heteroatoms.